The number of ether oxygens (including phenoxy) is 2. The molecular weight excluding hydrogens is 369 g/mol. The first-order valence-electron chi connectivity index (χ1n) is 10.7. The van der Waals surface area contributed by atoms with E-state index < -0.39 is 0 Å². The standard InChI is InChI=1S/C14H20FNO.C9H20O.CH4O.H2/c1-14(2,16-3)11-6-7-12(15)13(8-11)17-9-10-4-5-10;1-5-6-7-10-8-9(2,3)4;1-2;/h6-8,10,16H,4-5,9H2,1-3H3;5-8H2,1-4H3;2H,1H3;1H. The van der Waals surface area contributed by atoms with E-state index in [0.29, 0.717) is 23.7 Å². The van der Waals surface area contributed by atoms with E-state index in [2.05, 4.69) is 46.9 Å². The SMILES string of the molecule is CCCCOCC(C)(C)C.CNC(C)(C)c1ccc(F)c(OCC2CC2)c1.CO.[HH]. The van der Waals surface area contributed by atoms with E-state index in [1.54, 1.807) is 12.1 Å². The molecule has 0 aromatic heterocycles. The lowest BCUT2D eigenvalue weighted by Crippen LogP contribution is -2.33. The van der Waals surface area contributed by atoms with Gasteiger partial charge in [-0.3, -0.25) is 0 Å². The van der Waals surface area contributed by atoms with Gasteiger partial charge in [-0.25, -0.2) is 4.39 Å². The molecule has 2 N–H and O–H groups in total. The summed E-state index contributed by atoms with van der Waals surface area (Å²) in [4.78, 5) is 0. The van der Waals surface area contributed by atoms with Crippen LogP contribution in [-0.2, 0) is 10.3 Å². The number of hydrogen-bond donors (Lipinski definition) is 2. The first-order chi connectivity index (χ1) is 13.6. The molecule has 5 heteroatoms. The highest BCUT2D eigenvalue weighted by molar-refractivity contribution is 5.34. The van der Waals surface area contributed by atoms with Crippen LogP contribution in [0, 0.1) is 17.2 Å². The Balaban J connectivity index is 0. The van der Waals surface area contributed by atoms with E-state index in [0.717, 1.165) is 25.9 Å². The topological polar surface area (TPSA) is 50.7 Å². The van der Waals surface area contributed by atoms with Crippen LogP contribution in [-0.4, -0.2) is 39.1 Å². The van der Waals surface area contributed by atoms with Crippen molar-refractivity contribution in [2.75, 3.05) is 34.0 Å². The van der Waals surface area contributed by atoms with E-state index in [1.165, 1.54) is 31.7 Å². The number of aliphatic hydroxyl groups excluding tert-OH is 1. The summed E-state index contributed by atoms with van der Waals surface area (Å²) >= 11 is 0. The summed E-state index contributed by atoms with van der Waals surface area (Å²) in [6.07, 6.45) is 4.84. The lowest BCUT2D eigenvalue weighted by molar-refractivity contribution is 0.0694. The highest BCUT2D eigenvalue weighted by Crippen LogP contribution is 2.31. The van der Waals surface area contributed by atoms with E-state index in [9.17, 15) is 4.39 Å². The lowest BCUT2D eigenvalue weighted by atomic mass is 9.94. The minimum atomic E-state index is -0.277. The summed E-state index contributed by atoms with van der Waals surface area (Å²) in [6.45, 7) is 15.3. The second-order valence-electron chi connectivity index (χ2n) is 9.24. The Labute approximate surface area is 179 Å². The van der Waals surface area contributed by atoms with Crippen molar-refractivity contribution in [2.45, 2.75) is 72.8 Å². The van der Waals surface area contributed by atoms with Gasteiger partial charge in [0.25, 0.3) is 0 Å². The summed E-state index contributed by atoms with van der Waals surface area (Å²) in [7, 11) is 2.90. The van der Waals surface area contributed by atoms with Crippen LogP contribution in [0.25, 0.3) is 0 Å². The minimum Gasteiger partial charge on any atom is -0.490 e. The van der Waals surface area contributed by atoms with Gasteiger partial charge in [-0.05, 0) is 69.2 Å². The fourth-order valence-corrected chi connectivity index (χ4v) is 2.26. The zero-order valence-corrected chi connectivity index (χ0v) is 19.9. The second kappa shape index (κ2) is 13.9. The fourth-order valence-electron chi connectivity index (χ4n) is 2.26. The fraction of sp³-hybridized carbons (Fsp3) is 0.750. The Hall–Kier alpha value is -1.17. The molecule has 0 unspecified atom stereocenters. The van der Waals surface area contributed by atoms with Crippen molar-refractivity contribution in [3.8, 4) is 5.75 Å². The smallest absolute Gasteiger partial charge is 0.165 e. The average Bonchev–Trinajstić information content (AvgIpc) is 3.50. The van der Waals surface area contributed by atoms with Crippen LogP contribution in [0.3, 0.4) is 0 Å². The maximum atomic E-state index is 13.6. The van der Waals surface area contributed by atoms with E-state index in [1.807, 2.05) is 7.05 Å². The van der Waals surface area contributed by atoms with Gasteiger partial charge in [0, 0.05) is 20.7 Å². The predicted molar refractivity (Wildman–Crippen MR) is 122 cm³/mol. The van der Waals surface area contributed by atoms with Crippen LogP contribution in [0.4, 0.5) is 4.39 Å². The molecule has 0 spiro atoms. The molecule has 0 saturated heterocycles. The number of aliphatic hydroxyl groups is 1. The molecule has 1 fully saturated rings. The molecule has 1 aromatic rings. The van der Waals surface area contributed by atoms with Crippen LogP contribution in [0.15, 0.2) is 18.2 Å². The molecule has 1 saturated carbocycles. The first-order valence-corrected chi connectivity index (χ1v) is 10.7. The number of rotatable bonds is 9. The summed E-state index contributed by atoms with van der Waals surface area (Å²) in [5, 5.41) is 10.2. The van der Waals surface area contributed by atoms with Crippen molar-refractivity contribution in [3.63, 3.8) is 0 Å². The minimum absolute atomic E-state index is 0. The molecule has 29 heavy (non-hydrogen) atoms. The van der Waals surface area contributed by atoms with Gasteiger partial charge in [-0.2, -0.15) is 0 Å². The van der Waals surface area contributed by atoms with Gasteiger partial charge in [0.1, 0.15) is 0 Å². The van der Waals surface area contributed by atoms with E-state index in [-0.39, 0.29) is 12.8 Å². The van der Waals surface area contributed by atoms with Gasteiger partial charge in [-0.1, -0.05) is 40.2 Å². The maximum absolute atomic E-state index is 13.6. The summed E-state index contributed by atoms with van der Waals surface area (Å²) in [6, 6.07) is 5.08. The Bertz CT molecular complexity index is 558. The van der Waals surface area contributed by atoms with Crippen molar-refractivity contribution in [1.29, 1.82) is 0 Å². The van der Waals surface area contributed by atoms with Crippen LogP contribution in [0.5, 0.6) is 5.75 Å². The molecule has 0 heterocycles. The highest BCUT2D eigenvalue weighted by Gasteiger charge is 2.24. The number of benzene rings is 1. The van der Waals surface area contributed by atoms with Crippen molar-refractivity contribution in [2.24, 2.45) is 11.3 Å². The van der Waals surface area contributed by atoms with Gasteiger partial charge in [0.15, 0.2) is 11.6 Å². The third-order valence-corrected chi connectivity index (χ3v) is 4.63. The van der Waals surface area contributed by atoms with Crippen molar-refractivity contribution < 1.29 is 20.4 Å². The molecule has 1 aliphatic carbocycles. The van der Waals surface area contributed by atoms with Crippen LogP contribution in [0.1, 0.15) is 74.2 Å². The molecule has 172 valence electrons. The molecule has 0 aliphatic heterocycles. The summed E-state index contributed by atoms with van der Waals surface area (Å²) in [5.74, 6) is 0.731. The molecular formula is C24H46FNO3. The van der Waals surface area contributed by atoms with Gasteiger partial charge in [0.05, 0.1) is 13.2 Å². The maximum Gasteiger partial charge on any atom is 0.165 e. The van der Waals surface area contributed by atoms with Gasteiger partial charge >= 0.3 is 0 Å². The monoisotopic (exact) mass is 415 g/mol. The highest BCUT2D eigenvalue weighted by atomic mass is 19.1. The third-order valence-electron chi connectivity index (χ3n) is 4.63. The normalized spacial score (nSPS) is 13.7. The number of unbranched alkanes of at least 4 members (excludes halogenated alkanes) is 1. The summed E-state index contributed by atoms with van der Waals surface area (Å²) in [5.41, 5.74) is 1.19. The average molecular weight is 416 g/mol. The Kier molecular flexibility index (Phi) is 13.4. The zero-order valence-electron chi connectivity index (χ0n) is 19.9. The van der Waals surface area contributed by atoms with Crippen LogP contribution in [0.2, 0.25) is 0 Å². The largest absolute Gasteiger partial charge is 0.490 e. The Morgan fingerprint density at radius 1 is 1.17 bits per heavy atom. The quantitative estimate of drug-likeness (QED) is 0.503. The molecule has 2 rings (SSSR count). The molecule has 0 radical (unpaired) electrons. The van der Waals surface area contributed by atoms with E-state index in [4.69, 9.17) is 14.6 Å². The van der Waals surface area contributed by atoms with Gasteiger partial charge < -0.3 is 19.9 Å². The zero-order chi connectivity index (χ0) is 22.5. The first kappa shape index (κ1) is 27.8. The van der Waals surface area contributed by atoms with Crippen LogP contribution < -0.4 is 10.1 Å². The van der Waals surface area contributed by atoms with Gasteiger partial charge in [-0.15, -0.1) is 0 Å². The molecule has 1 aliphatic rings. The van der Waals surface area contributed by atoms with Crippen molar-refractivity contribution in [3.05, 3.63) is 29.6 Å². The molecule has 4 nitrogen and oxygen atoms in total. The lowest BCUT2D eigenvalue weighted by Gasteiger charge is -2.25. The molecule has 0 atom stereocenters. The third kappa shape index (κ3) is 12.9. The summed E-state index contributed by atoms with van der Waals surface area (Å²) < 4.78 is 24.6. The van der Waals surface area contributed by atoms with Crippen molar-refractivity contribution >= 4 is 0 Å². The number of halogens is 1. The Morgan fingerprint density at radius 3 is 2.28 bits per heavy atom. The number of hydrogen-bond acceptors (Lipinski definition) is 4. The molecule has 0 amide bonds. The van der Waals surface area contributed by atoms with Gasteiger partial charge in [0.2, 0.25) is 0 Å². The second-order valence-corrected chi connectivity index (χ2v) is 9.24. The van der Waals surface area contributed by atoms with E-state index >= 15 is 0 Å². The molecule has 0 bridgehead atoms. The van der Waals surface area contributed by atoms with Crippen molar-refractivity contribution in [1.82, 2.24) is 5.32 Å². The number of nitrogens with one attached hydrogen (secondary N) is 1. The van der Waals surface area contributed by atoms with Crippen LogP contribution >= 0.6 is 0 Å². The predicted octanol–water partition coefficient (Wildman–Crippen LogP) is 5.77. The Morgan fingerprint density at radius 2 is 1.79 bits per heavy atom. The molecule has 1 aromatic carbocycles.